The predicted molar refractivity (Wildman–Crippen MR) is 123 cm³/mol. The summed E-state index contributed by atoms with van der Waals surface area (Å²) in [5.74, 6) is -1.44. The molecule has 2 aromatic carbocycles. The van der Waals surface area contributed by atoms with E-state index in [1.54, 1.807) is 0 Å². The fourth-order valence-electron chi connectivity index (χ4n) is 5.39. The van der Waals surface area contributed by atoms with Crippen molar-refractivity contribution in [2.45, 2.75) is 49.8 Å². The number of likely N-dealkylation sites (tertiary alicyclic amines) is 1. The van der Waals surface area contributed by atoms with Crippen LogP contribution in [0.1, 0.15) is 42.7 Å². The second-order valence-electron chi connectivity index (χ2n) is 9.04. The van der Waals surface area contributed by atoms with E-state index in [2.05, 4.69) is 29.6 Å². The van der Waals surface area contributed by atoms with Gasteiger partial charge in [-0.05, 0) is 47.9 Å². The number of hydrogen-bond acceptors (Lipinski definition) is 5. The number of ether oxygens (including phenoxy) is 2. The summed E-state index contributed by atoms with van der Waals surface area (Å²) in [5.41, 5.74) is 4.55. The van der Waals surface area contributed by atoms with Crippen molar-refractivity contribution in [1.29, 1.82) is 0 Å². The van der Waals surface area contributed by atoms with Crippen molar-refractivity contribution in [3.8, 4) is 11.1 Å². The number of nitrogens with one attached hydrogen (secondary N) is 1. The van der Waals surface area contributed by atoms with Crippen LogP contribution in [0.15, 0.2) is 48.5 Å². The summed E-state index contributed by atoms with van der Waals surface area (Å²) >= 11 is 0. The van der Waals surface area contributed by atoms with Crippen LogP contribution < -0.4 is 5.32 Å². The average molecular weight is 465 g/mol. The molecular weight excluding hydrogens is 436 g/mol. The van der Waals surface area contributed by atoms with E-state index in [1.165, 1.54) is 4.90 Å². The first-order valence-corrected chi connectivity index (χ1v) is 11.8. The van der Waals surface area contributed by atoms with Gasteiger partial charge in [-0.1, -0.05) is 48.5 Å². The molecule has 2 aliphatic heterocycles. The fourth-order valence-corrected chi connectivity index (χ4v) is 5.39. The van der Waals surface area contributed by atoms with Crippen LogP contribution in [0.25, 0.3) is 11.1 Å². The number of carbonyl (C=O) groups is 3. The number of alkyl carbamates (subject to hydrolysis) is 1. The number of aliphatic carboxylic acids is 1. The van der Waals surface area contributed by atoms with E-state index in [0.29, 0.717) is 26.0 Å². The minimum atomic E-state index is -1.01. The van der Waals surface area contributed by atoms with Gasteiger partial charge in [0.15, 0.2) is 6.10 Å². The number of fused-ring (bicyclic) bond motifs is 3. The monoisotopic (exact) mass is 464 g/mol. The Morgan fingerprint density at radius 2 is 1.68 bits per heavy atom. The highest BCUT2D eigenvalue weighted by atomic mass is 16.6. The summed E-state index contributed by atoms with van der Waals surface area (Å²) in [5, 5.41) is 12.3. The highest BCUT2D eigenvalue weighted by Gasteiger charge is 2.42. The van der Waals surface area contributed by atoms with E-state index in [1.807, 2.05) is 24.3 Å². The highest BCUT2D eigenvalue weighted by Crippen LogP contribution is 2.44. The maximum Gasteiger partial charge on any atom is 0.407 e. The number of amides is 2. The molecule has 3 aliphatic rings. The second-order valence-corrected chi connectivity index (χ2v) is 9.04. The molecule has 0 saturated carbocycles. The Labute approximate surface area is 197 Å². The van der Waals surface area contributed by atoms with Gasteiger partial charge in [-0.25, -0.2) is 9.59 Å². The third-order valence-corrected chi connectivity index (χ3v) is 7.05. The molecule has 178 valence electrons. The largest absolute Gasteiger partial charge is 0.480 e. The fraction of sp³-hybridized carbons (Fsp3) is 0.423. The summed E-state index contributed by atoms with van der Waals surface area (Å²) in [6.07, 6.45) is 0.911. The molecule has 2 amide bonds. The lowest BCUT2D eigenvalue weighted by Gasteiger charge is -2.35. The number of hydrogen-bond donors (Lipinski definition) is 2. The molecule has 0 unspecified atom stereocenters. The minimum Gasteiger partial charge on any atom is -0.480 e. The van der Waals surface area contributed by atoms with Crippen LogP contribution in [-0.2, 0) is 19.1 Å². The molecule has 8 heteroatoms. The van der Waals surface area contributed by atoms with Crippen LogP contribution in [0, 0.1) is 0 Å². The quantitative estimate of drug-likeness (QED) is 0.704. The van der Waals surface area contributed by atoms with Gasteiger partial charge >= 0.3 is 12.1 Å². The van der Waals surface area contributed by atoms with Crippen molar-refractivity contribution in [3.05, 3.63) is 59.7 Å². The number of carboxylic acid groups (broad SMARTS) is 1. The van der Waals surface area contributed by atoms with Crippen LogP contribution in [0.3, 0.4) is 0 Å². The first-order valence-electron chi connectivity index (χ1n) is 11.8. The number of carboxylic acids is 1. The molecule has 3 atom stereocenters. The molecule has 2 N–H and O–H groups in total. The molecule has 2 saturated heterocycles. The highest BCUT2D eigenvalue weighted by molar-refractivity contribution is 5.88. The van der Waals surface area contributed by atoms with Gasteiger partial charge in [0, 0.05) is 19.1 Å². The Hall–Kier alpha value is -3.39. The maximum atomic E-state index is 13.1. The molecule has 8 nitrogen and oxygen atoms in total. The van der Waals surface area contributed by atoms with Crippen molar-refractivity contribution in [1.82, 2.24) is 10.2 Å². The molecule has 0 bridgehead atoms. The number of nitrogens with zero attached hydrogens (tertiary/aromatic N) is 1. The lowest BCUT2D eigenvalue weighted by molar-refractivity contribution is -0.157. The number of piperidine rings is 1. The van der Waals surface area contributed by atoms with Crippen LogP contribution in [0.5, 0.6) is 0 Å². The van der Waals surface area contributed by atoms with E-state index in [9.17, 15) is 19.5 Å². The minimum absolute atomic E-state index is 0.0555. The van der Waals surface area contributed by atoms with Gasteiger partial charge in [0.25, 0.3) is 5.91 Å². The van der Waals surface area contributed by atoms with Gasteiger partial charge in [-0.2, -0.15) is 0 Å². The third-order valence-electron chi connectivity index (χ3n) is 7.05. The summed E-state index contributed by atoms with van der Waals surface area (Å²) in [6, 6.07) is 14.8. The maximum absolute atomic E-state index is 13.1. The van der Waals surface area contributed by atoms with Gasteiger partial charge in [0.2, 0.25) is 0 Å². The molecule has 0 spiro atoms. The lowest BCUT2D eigenvalue weighted by Crippen LogP contribution is -2.55. The van der Waals surface area contributed by atoms with Crippen LogP contribution >= 0.6 is 0 Å². The molecule has 2 fully saturated rings. The van der Waals surface area contributed by atoms with E-state index in [-0.39, 0.29) is 18.4 Å². The second kappa shape index (κ2) is 9.46. The number of benzene rings is 2. The zero-order valence-corrected chi connectivity index (χ0v) is 18.8. The predicted octanol–water partition coefficient (Wildman–Crippen LogP) is 3.15. The Morgan fingerprint density at radius 1 is 1.00 bits per heavy atom. The Kier molecular flexibility index (Phi) is 6.24. The number of rotatable bonds is 5. The van der Waals surface area contributed by atoms with Crippen LogP contribution in [-0.4, -0.2) is 65.9 Å². The van der Waals surface area contributed by atoms with Gasteiger partial charge in [0.05, 0.1) is 6.04 Å². The average Bonchev–Trinajstić information content (AvgIpc) is 3.44. The van der Waals surface area contributed by atoms with E-state index >= 15 is 0 Å². The van der Waals surface area contributed by atoms with Gasteiger partial charge in [-0.15, -0.1) is 0 Å². The van der Waals surface area contributed by atoms with Gasteiger partial charge in [-0.3, -0.25) is 4.79 Å². The zero-order valence-electron chi connectivity index (χ0n) is 18.8. The zero-order chi connectivity index (χ0) is 23.7. The van der Waals surface area contributed by atoms with Crippen molar-refractivity contribution in [2.75, 3.05) is 19.8 Å². The molecular formula is C26H28N2O6. The van der Waals surface area contributed by atoms with Crippen molar-refractivity contribution in [3.63, 3.8) is 0 Å². The van der Waals surface area contributed by atoms with E-state index in [0.717, 1.165) is 35.1 Å². The molecule has 2 heterocycles. The van der Waals surface area contributed by atoms with Crippen molar-refractivity contribution < 1.29 is 29.0 Å². The molecule has 2 aromatic rings. The summed E-state index contributed by atoms with van der Waals surface area (Å²) in [4.78, 5) is 38.8. The topological polar surface area (TPSA) is 105 Å². The standard InChI is InChI=1S/C26H28N2O6/c29-24(28-13-6-5-11-22(28)25(30)31)23-21(12-14-33-23)27-26(32)34-15-20-18-9-3-1-7-16(18)17-8-2-4-10-19(17)20/h1-4,7-10,20-23H,5-6,11-15H2,(H,27,32)(H,30,31)/t21-,22-,23+/m1/s1. The van der Waals surface area contributed by atoms with E-state index in [4.69, 9.17) is 9.47 Å². The van der Waals surface area contributed by atoms with Crippen molar-refractivity contribution in [2.24, 2.45) is 0 Å². The molecule has 34 heavy (non-hydrogen) atoms. The van der Waals surface area contributed by atoms with Crippen LogP contribution in [0.2, 0.25) is 0 Å². The normalized spacial score (nSPS) is 23.8. The first kappa shape index (κ1) is 22.4. The summed E-state index contributed by atoms with van der Waals surface area (Å²) in [7, 11) is 0. The van der Waals surface area contributed by atoms with Crippen molar-refractivity contribution >= 4 is 18.0 Å². The summed E-state index contributed by atoms with van der Waals surface area (Å²) < 4.78 is 11.2. The lowest BCUT2D eigenvalue weighted by atomic mass is 9.98. The Bertz CT molecular complexity index is 1060. The molecule has 0 aromatic heterocycles. The first-order chi connectivity index (χ1) is 16.5. The molecule has 1 aliphatic carbocycles. The Morgan fingerprint density at radius 3 is 2.35 bits per heavy atom. The Balaban J connectivity index is 1.23. The molecule has 0 radical (unpaired) electrons. The van der Waals surface area contributed by atoms with Gasteiger partial charge in [0.1, 0.15) is 12.6 Å². The van der Waals surface area contributed by atoms with Gasteiger partial charge < -0.3 is 24.8 Å². The summed E-state index contributed by atoms with van der Waals surface area (Å²) in [6.45, 7) is 0.878. The SMILES string of the molecule is O=C(N[C@@H]1CCO[C@@H]1C(=O)N1CCCC[C@@H]1C(=O)O)OCC1c2ccccc2-c2ccccc21. The number of carbonyl (C=O) groups excluding carboxylic acids is 2. The smallest absolute Gasteiger partial charge is 0.407 e. The molecule has 5 rings (SSSR count). The third kappa shape index (κ3) is 4.14. The van der Waals surface area contributed by atoms with E-state index < -0.39 is 30.3 Å². The van der Waals surface area contributed by atoms with Crippen LogP contribution in [0.4, 0.5) is 4.79 Å².